The van der Waals surface area contributed by atoms with Crippen molar-refractivity contribution >= 4 is 11.6 Å². The summed E-state index contributed by atoms with van der Waals surface area (Å²) in [5.41, 5.74) is 6.69. The van der Waals surface area contributed by atoms with Gasteiger partial charge >= 0.3 is 0 Å². The third-order valence-corrected chi connectivity index (χ3v) is 2.47. The molecule has 0 atom stereocenters. The molecule has 1 aliphatic carbocycles. The van der Waals surface area contributed by atoms with E-state index in [0.717, 1.165) is 18.2 Å². The maximum absolute atomic E-state index is 11.1. The van der Waals surface area contributed by atoms with Gasteiger partial charge in [-0.25, -0.2) is 0 Å². The van der Waals surface area contributed by atoms with Crippen LogP contribution in [-0.4, -0.2) is 12.5 Å². The van der Waals surface area contributed by atoms with Gasteiger partial charge < -0.3 is 11.1 Å². The van der Waals surface area contributed by atoms with Crippen LogP contribution in [0.5, 0.6) is 0 Å². The number of anilines is 1. The van der Waals surface area contributed by atoms with Crippen molar-refractivity contribution in [1.29, 1.82) is 0 Å². The molecular weight excluding hydrogens is 176 g/mol. The smallest absolute Gasteiger partial charge is 0.250 e. The maximum atomic E-state index is 11.1. The zero-order valence-corrected chi connectivity index (χ0v) is 7.99. The highest BCUT2D eigenvalue weighted by molar-refractivity contribution is 5.98. The Balaban J connectivity index is 2.09. The molecule has 3 nitrogen and oxygen atoms in total. The quantitative estimate of drug-likeness (QED) is 0.757. The zero-order chi connectivity index (χ0) is 9.97. The lowest BCUT2D eigenvalue weighted by Crippen LogP contribution is -2.15. The first kappa shape index (κ1) is 9.06. The average molecular weight is 190 g/mol. The van der Waals surface area contributed by atoms with Crippen LogP contribution in [0.2, 0.25) is 0 Å². The van der Waals surface area contributed by atoms with Gasteiger partial charge in [0.05, 0.1) is 5.56 Å². The van der Waals surface area contributed by atoms with E-state index in [9.17, 15) is 4.79 Å². The highest BCUT2D eigenvalue weighted by atomic mass is 16.1. The van der Waals surface area contributed by atoms with E-state index in [-0.39, 0.29) is 5.91 Å². The second-order valence-corrected chi connectivity index (χ2v) is 3.73. The van der Waals surface area contributed by atoms with Gasteiger partial charge in [-0.15, -0.1) is 0 Å². The lowest BCUT2D eigenvalue weighted by Gasteiger charge is -2.08. The van der Waals surface area contributed by atoms with Crippen LogP contribution in [0.25, 0.3) is 0 Å². The Morgan fingerprint density at radius 2 is 2.14 bits per heavy atom. The average Bonchev–Trinajstić information content (AvgIpc) is 2.98. The monoisotopic (exact) mass is 190 g/mol. The summed E-state index contributed by atoms with van der Waals surface area (Å²) in [5, 5.41) is 3.26. The topological polar surface area (TPSA) is 55.1 Å². The summed E-state index contributed by atoms with van der Waals surface area (Å²) in [4.78, 5) is 11.1. The van der Waals surface area contributed by atoms with Gasteiger partial charge in [-0.05, 0) is 30.9 Å². The van der Waals surface area contributed by atoms with Crippen molar-refractivity contribution in [2.24, 2.45) is 11.7 Å². The molecule has 1 amide bonds. The molecule has 0 saturated heterocycles. The standard InChI is InChI=1S/C11H14N2O/c12-11(14)9-3-1-2-4-10(9)13-7-8-5-6-8/h1-4,8,13H,5-7H2,(H2,12,14). The SMILES string of the molecule is NC(=O)c1ccccc1NCC1CC1. The first-order chi connectivity index (χ1) is 6.77. The van der Waals surface area contributed by atoms with Crippen molar-refractivity contribution in [2.75, 3.05) is 11.9 Å². The third kappa shape index (κ3) is 2.05. The highest BCUT2D eigenvalue weighted by Crippen LogP contribution is 2.29. The molecule has 0 unspecified atom stereocenters. The van der Waals surface area contributed by atoms with Gasteiger partial charge in [-0.1, -0.05) is 12.1 Å². The number of nitrogens with one attached hydrogen (secondary N) is 1. The molecule has 1 fully saturated rings. The molecule has 3 heteroatoms. The number of hydrogen-bond donors (Lipinski definition) is 2. The van der Waals surface area contributed by atoms with Crippen LogP contribution < -0.4 is 11.1 Å². The molecule has 1 aromatic carbocycles. The summed E-state index contributed by atoms with van der Waals surface area (Å²) in [5.74, 6) is 0.417. The Bertz CT molecular complexity index is 345. The summed E-state index contributed by atoms with van der Waals surface area (Å²) >= 11 is 0. The van der Waals surface area contributed by atoms with Crippen LogP contribution in [0.1, 0.15) is 23.2 Å². The fourth-order valence-corrected chi connectivity index (χ4v) is 1.43. The molecule has 1 aliphatic rings. The predicted molar refractivity (Wildman–Crippen MR) is 56.2 cm³/mol. The van der Waals surface area contributed by atoms with Gasteiger partial charge in [-0.2, -0.15) is 0 Å². The summed E-state index contributed by atoms with van der Waals surface area (Å²) in [7, 11) is 0. The number of carbonyl (C=O) groups is 1. The van der Waals surface area contributed by atoms with Crippen molar-refractivity contribution in [2.45, 2.75) is 12.8 Å². The molecule has 0 aliphatic heterocycles. The molecule has 2 rings (SSSR count). The van der Waals surface area contributed by atoms with Crippen LogP contribution >= 0.6 is 0 Å². The van der Waals surface area contributed by atoms with Crippen LogP contribution in [-0.2, 0) is 0 Å². The van der Waals surface area contributed by atoms with Crippen LogP contribution in [0, 0.1) is 5.92 Å². The van der Waals surface area contributed by atoms with E-state index in [1.54, 1.807) is 6.07 Å². The van der Waals surface area contributed by atoms with Gasteiger partial charge in [0.1, 0.15) is 0 Å². The molecule has 1 saturated carbocycles. The molecule has 1 aromatic rings. The molecule has 0 bridgehead atoms. The minimum atomic E-state index is -0.371. The number of primary amides is 1. The fourth-order valence-electron chi connectivity index (χ4n) is 1.43. The van der Waals surface area contributed by atoms with E-state index in [4.69, 9.17) is 5.73 Å². The largest absolute Gasteiger partial charge is 0.384 e. The molecule has 0 heterocycles. The van der Waals surface area contributed by atoms with Crippen molar-refractivity contribution in [3.63, 3.8) is 0 Å². The molecule has 0 radical (unpaired) electrons. The van der Waals surface area contributed by atoms with Crippen molar-refractivity contribution in [3.05, 3.63) is 29.8 Å². The minimum Gasteiger partial charge on any atom is -0.384 e. The molecule has 0 spiro atoms. The van der Waals surface area contributed by atoms with E-state index >= 15 is 0 Å². The van der Waals surface area contributed by atoms with Crippen LogP contribution in [0.15, 0.2) is 24.3 Å². The lowest BCUT2D eigenvalue weighted by molar-refractivity contribution is 0.100. The Kier molecular flexibility index (Phi) is 2.39. The number of nitrogens with two attached hydrogens (primary N) is 1. The van der Waals surface area contributed by atoms with E-state index in [2.05, 4.69) is 5.32 Å². The van der Waals surface area contributed by atoms with Gasteiger partial charge in [0, 0.05) is 12.2 Å². The van der Waals surface area contributed by atoms with E-state index in [1.165, 1.54) is 12.8 Å². The molecule has 0 aromatic heterocycles. The molecule has 3 N–H and O–H groups in total. The minimum absolute atomic E-state index is 0.371. The normalized spacial score (nSPS) is 15.1. The molecular formula is C11H14N2O. The Morgan fingerprint density at radius 3 is 2.79 bits per heavy atom. The second-order valence-electron chi connectivity index (χ2n) is 3.73. The Labute approximate surface area is 83.3 Å². The van der Waals surface area contributed by atoms with E-state index in [1.807, 2.05) is 18.2 Å². The van der Waals surface area contributed by atoms with Gasteiger partial charge in [0.2, 0.25) is 0 Å². The lowest BCUT2D eigenvalue weighted by atomic mass is 10.1. The fraction of sp³-hybridized carbons (Fsp3) is 0.364. The van der Waals surface area contributed by atoms with E-state index in [0.29, 0.717) is 5.56 Å². The van der Waals surface area contributed by atoms with Gasteiger partial charge in [0.15, 0.2) is 0 Å². The third-order valence-electron chi connectivity index (χ3n) is 2.47. The van der Waals surface area contributed by atoms with E-state index < -0.39 is 0 Å². The summed E-state index contributed by atoms with van der Waals surface area (Å²) < 4.78 is 0. The number of para-hydroxylation sites is 1. The highest BCUT2D eigenvalue weighted by Gasteiger charge is 2.21. The number of benzene rings is 1. The first-order valence-corrected chi connectivity index (χ1v) is 4.90. The van der Waals surface area contributed by atoms with Crippen molar-refractivity contribution < 1.29 is 4.79 Å². The number of rotatable bonds is 4. The number of amides is 1. The molecule has 14 heavy (non-hydrogen) atoms. The molecule has 74 valence electrons. The van der Waals surface area contributed by atoms with Crippen molar-refractivity contribution in [1.82, 2.24) is 0 Å². The number of hydrogen-bond acceptors (Lipinski definition) is 2. The van der Waals surface area contributed by atoms with Crippen molar-refractivity contribution in [3.8, 4) is 0 Å². The predicted octanol–water partition coefficient (Wildman–Crippen LogP) is 1.61. The Morgan fingerprint density at radius 1 is 1.43 bits per heavy atom. The Hall–Kier alpha value is -1.51. The summed E-state index contributed by atoms with van der Waals surface area (Å²) in [6.07, 6.45) is 2.59. The number of carbonyl (C=O) groups excluding carboxylic acids is 1. The van der Waals surface area contributed by atoms with Gasteiger partial charge in [-0.3, -0.25) is 4.79 Å². The maximum Gasteiger partial charge on any atom is 0.250 e. The van der Waals surface area contributed by atoms with Crippen LogP contribution in [0.4, 0.5) is 5.69 Å². The zero-order valence-electron chi connectivity index (χ0n) is 7.99. The van der Waals surface area contributed by atoms with Gasteiger partial charge in [0.25, 0.3) is 5.91 Å². The summed E-state index contributed by atoms with van der Waals surface area (Å²) in [6.45, 7) is 0.949. The van der Waals surface area contributed by atoms with Crippen LogP contribution in [0.3, 0.4) is 0 Å². The summed E-state index contributed by atoms with van der Waals surface area (Å²) in [6, 6.07) is 7.37. The second kappa shape index (κ2) is 3.70. The first-order valence-electron chi connectivity index (χ1n) is 4.90.